The molecule has 0 aliphatic heterocycles. The fraction of sp³-hybridized carbons (Fsp3) is 0.278. The van der Waals surface area contributed by atoms with Crippen molar-refractivity contribution in [3.63, 3.8) is 0 Å². The average Bonchev–Trinajstić information content (AvgIpc) is 2.49. The second-order valence-electron chi connectivity index (χ2n) is 5.23. The minimum Gasteiger partial charge on any atom is -0.489 e. The van der Waals surface area contributed by atoms with Crippen molar-refractivity contribution in [3.05, 3.63) is 63.2 Å². The van der Waals surface area contributed by atoms with Crippen LogP contribution in [0.2, 0.25) is 5.02 Å². The van der Waals surface area contributed by atoms with E-state index in [0.29, 0.717) is 17.2 Å². The fourth-order valence-corrected chi connectivity index (χ4v) is 2.96. The van der Waals surface area contributed by atoms with Gasteiger partial charge in [-0.25, -0.2) is 0 Å². The molecule has 0 saturated carbocycles. The molecule has 0 aromatic heterocycles. The van der Waals surface area contributed by atoms with E-state index in [2.05, 4.69) is 22.9 Å². The molecule has 2 aromatic carbocycles. The molecule has 0 bridgehead atoms. The van der Waals surface area contributed by atoms with Gasteiger partial charge in [0.2, 0.25) is 4.69 Å². The van der Waals surface area contributed by atoms with Crippen LogP contribution in [0.1, 0.15) is 39.5 Å². The molecule has 0 radical (unpaired) electrons. The highest BCUT2D eigenvalue weighted by Gasteiger charge is 2.13. The van der Waals surface area contributed by atoms with Gasteiger partial charge in [0.15, 0.2) is 0 Å². The van der Waals surface area contributed by atoms with Crippen molar-refractivity contribution in [1.29, 1.82) is 0 Å². The Morgan fingerprint density at radius 3 is 2.59 bits per heavy atom. The van der Waals surface area contributed by atoms with Crippen LogP contribution in [0.4, 0.5) is 0 Å². The van der Waals surface area contributed by atoms with Crippen LogP contribution in [0.25, 0.3) is 0 Å². The van der Waals surface area contributed by atoms with Crippen LogP contribution < -0.4 is 4.74 Å². The number of halogens is 2. The number of carbonyl (C=O) groups is 1. The molecule has 0 unspecified atom stereocenters. The SMILES string of the molecule is CCc1cccc(C(=O)Br)c1COc1cc(Cl)c(C)cc1C. The molecular weight excluding hydrogens is 364 g/mol. The number of hydrogen-bond acceptors (Lipinski definition) is 2. The molecule has 0 aliphatic rings. The Kier molecular flexibility index (Phi) is 5.65. The average molecular weight is 382 g/mol. The summed E-state index contributed by atoms with van der Waals surface area (Å²) in [6.45, 7) is 6.36. The van der Waals surface area contributed by atoms with E-state index in [1.54, 1.807) is 0 Å². The molecule has 0 spiro atoms. The molecule has 2 aromatic rings. The third kappa shape index (κ3) is 3.71. The van der Waals surface area contributed by atoms with Crippen LogP contribution in [-0.2, 0) is 13.0 Å². The van der Waals surface area contributed by atoms with Gasteiger partial charge in [-0.2, -0.15) is 0 Å². The van der Waals surface area contributed by atoms with Gasteiger partial charge in [0.05, 0.1) is 0 Å². The molecule has 0 fully saturated rings. The Morgan fingerprint density at radius 1 is 1.23 bits per heavy atom. The summed E-state index contributed by atoms with van der Waals surface area (Å²) in [7, 11) is 0. The van der Waals surface area contributed by atoms with E-state index in [4.69, 9.17) is 16.3 Å². The second-order valence-corrected chi connectivity index (χ2v) is 6.35. The van der Waals surface area contributed by atoms with Gasteiger partial charge in [-0.05, 0) is 59.0 Å². The van der Waals surface area contributed by atoms with Gasteiger partial charge >= 0.3 is 0 Å². The van der Waals surface area contributed by atoms with E-state index in [0.717, 1.165) is 34.4 Å². The predicted octanol–water partition coefficient (Wildman–Crippen LogP) is 5.63. The maximum atomic E-state index is 11.8. The zero-order valence-electron chi connectivity index (χ0n) is 12.9. The van der Waals surface area contributed by atoms with E-state index in [-0.39, 0.29) is 4.69 Å². The van der Waals surface area contributed by atoms with Crippen molar-refractivity contribution in [2.24, 2.45) is 0 Å². The van der Waals surface area contributed by atoms with Crippen molar-refractivity contribution in [3.8, 4) is 5.75 Å². The summed E-state index contributed by atoms with van der Waals surface area (Å²) in [6.07, 6.45) is 0.848. The van der Waals surface area contributed by atoms with Crippen molar-refractivity contribution in [2.75, 3.05) is 0 Å². The third-order valence-corrected chi connectivity index (χ3v) is 4.53. The fourth-order valence-electron chi connectivity index (χ4n) is 2.43. The first-order chi connectivity index (χ1) is 10.4. The molecule has 22 heavy (non-hydrogen) atoms. The number of ether oxygens (including phenoxy) is 1. The highest BCUT2D eigenvalue weighted by Crippen LogP contribution is 2.28. The van der Waals surface area contributed by atoms with Crippen LogP contribution in [0.5, 0.6) is 5.75 Å². The Morgan fingerprint density at radius 2 is 1.95 bits per heavy atom. The quantitative estimate of drug-likeness (QED) is 0.627. The number of hydrogen-bond donors (Lipinski definition) is 0. The van der Waals surface area contributed by atoms with Crippen LogP contribution in [0.3, 0.4) is 0 Å². The summed E-state index contributed by atoms with van der Waals surface area (Å²) >= 11 is 9.21. The number of benzene rings is 2. The highest BCUT2D eigenvalue weighted by atomic mass is 79.9. The van der Waals surface area contributed by atoms with Crippen LogP contribution >= 0.6 is 27.5 Å². The number of rotatable bonds is 5. The van der Waals surface area contributed by atoms with Crippen molar-refractivity contribution in [1.82, 2.24) is 0 Å². The summed E-state index contributed by atoms with van der Waals surface area (Å²) in [5, 5.41) is 0.682. The summed E-state index contributed by atoms with van der Waals surface area (Å²) in [6, 6.07) is 9.55. The Hall–Kier alpha value is -1.32. The Labute approximate surface area is 144 Å². The largest absolute Gasteiger partial charge is 0.489 e. The van der Waals surface area contributed by atoms with Gasteiger partial charge in [0.25, 0.3) is 0 Å². The van der Waals surface area contributed by atoms with Gasteiger partial charge in [-0.15, -0.1) is 0 Å². The summed E-state index contributed by atoms with van der Waals surface area (Å²) < 4.78 is 5.81. The van der Waals surface area contributed by atoms with Crippen molar-refractivity contribution < 1.29 is 9.53 Å². The zero-order chi connectivity index (χ0) is 16.3. The minimum atomic E-state index is -0.125. The topological polar surface area (TPSA) is 26.3 Å². The van der Waals surface area contributed by atoms with Crippen LogP contribution in [0, 0.1) is 13.8 Å². The van der Waals surface area contributed by atoms with E-state index in [1.165, 1.54) is 0 Å². The summed E-state index contributed by atoms with van der Waals surface area (Å²) in [5.41, 5.74) is 4.73. The molecule has 2 rings (SSSR count). The van der Waals surface area contributed by atoms with E-state index in [1.807, 2.05) is 44.2 Å². The van der Waals surface area contributed by atoms with Gasteiger partial charge < -0.3 is 4.74 Å². The van der Waals surface area contributed by atoms with Crippen LogP contribution in [0.15, 0.2) is 30.3 Å². The lowest BCUT2D eigenvalue weighted by molar-refractivity contribution is 0.109. The van der Waals surface area contributed by atoms with Crippen molar-refractivity contribution in [2.45, 2.75) is 33.8 Å². The van der Waals surface area contributed by atoms with E-state index < -0.39 is 0 Å². The first-order valence-corrected chi connectivity index (χ1v) is 8.31. The standard InChI is InChI=1S/C18H18BrClO2/c1-4-13-6-5-7-14(18(19)21)15(13)10-22-17-9-16(20)11(2)8-12(17)3/h5-9H,4,10H2,1-3H3. The lowest BCUT2D eigenvalue weighted by Crippen LogP contribution is -2.07. The summed E-state index contributed by atoms with van der Waals surface area (Å²) in [5.74, 6) is 0.745. The maximum absolute atomic E-state index is 11.8. The molecule has 0 amide bonds. The molecule has 0 N–H and O–H groups in total. The second kappa shape index (κ2) is 7.30. The summed E-state index contributed by atoms with van der Waals surface area (Å²) in [4.78, 5) is 11.8. The highest BCUT2D eigenvalue weighted by molar-refractivity contribution is 9.18. The minimum absolute atomic E-state index is 0.125. The van der Waals surface area contributed by atoms with Gasteiger partial charge in [-0.1, -0.05) is 42.8 Å². The first kappa shape index (κ1) is 17.0. The number of carbonyl (C=O) groups excluding carboxylic acids is 1. The molecule has 0 saturated heterocycles. The predicted molar refractivity (Wildman–Crippen MR) is 94.3 cm³/mol. The van der Waals surface area contributed by atoms with Gasteiger partial charge in [0.1, 0.15) is 12.4 Å². The number of aryl methyl sites for hydroxylation is 3. The molecule has 116 valence electrons. The van der Waals surface area contributed by atoms with E-state index in [9.17, 15) is 4.79 Å². The maximum Gasteiger partial charge on any atom is 0.228 e. The lowest BCUT2D eigenvalue weighted by Gasteiger charge is -2.15. The monoisotopic (exact) mass is 380 g/mol. The lowest BCUT2D eigenvalue weighted by atomic mass is 10.0. The third-order valence-electron chi connectivity index (χ3n) is 3.69. The van der Waals surface area contributed by atoms with Gasteiger partial charge in [-0.3, -0.25) is 4.79 Å². The van der Waals surface area contributed by atoms with E-state index >= 15 is 0 Å². The zero-order valence-corrected chi connectivity index (χ0v) is 15.2. The smallest absolute Gasteiger partial charge is 0.228 e. The normalized spacial score (nSPS) is 10.6. The molecule has 2 nitrogen and oxygen atoms in total. The Balaban J connectivity index is 2.32. The molecular formula is C18H18BrClO2. The molecule has 0 aliphatic carbocycles. The Bertz CT molecular complexity index is 710. The molecule has 0 heterocycles. The van der Waals surface area contributed by atoms with Gasteiger partial charge in [0, 0.05) is 16.1 Å². The molecule has 4 heteroatoms. The molecule has 0 atom stereocenters. The first-order valence-electron chi connectivity index (χ1n) is 7.14. The van der Waals surface area contributed by atoms with Crippen LogP contribution in [-0.4, -0.2) is 4.69 Å². The van der Waals surface area contributed by atoms with Crippen molar-refractivity contribution >= 4 is 32.2 Å².